The first kappa shape index (κ1) is 13.2. The molecule has 2 heterocycles. The molecule has 1 N–H and O–H groups in total. The molecule has 0 radical (unpaired) electrons. The lowest BCUT2D eigenvalue weighted by Gasteiger charge is -2.16. The predicted molar refractivity (Wildman–Crippen MR) is 76.4 cm³/mol. The van der Waals surface area contributed by atoms with E-state index in [0.717, 1.165) is 16.6 Å². The van der Waals surface area contributed by atoms with Gasteiger partial charge in [-0.3, -0.25) is 9.97 Å². The Morgan fingerprint density at radius 1 is 1.28 bits per heavy atom. The van der Waals surface area contributed by atoms with Gasteiger partial charge >= 0.3 is 0 Å². The second-order valence-electron chi connectivity index (χ2n) is 4.31. The second kappa shape index (κ2) is 6.07. The largest absolute Gasteiger partial charge is 0.313 e. The zero-order valence-electron chi connectivity index (χ0n) is 10.5. The van der Waals surface area contributed by atoms with E-state index in [-0.39, 0.29) is 6.04 Å². The number of rotatable bonds is 4. The number of pyridine rings is 2. The minimum atomic E-state index is 0.242. The van der Waals surface area contributed by atoms with Crippen molar-refractivity contribution in [1.29, 1.82) is 0 Å². The lowest BCUT2D eigenvalue weighted by atomic mass is 10.0. The van der Waals surface area contributed by atoms with E-state index in [1.165, 1.54) is 11.1 Å². The zero-order chi connectivity index (χ0) is 13.0. The topological polar surface area (TPSA) is 37.8 Å². The number of likely N-dealkylation sites (N-methyl/N-ethyl adjacent to an activating group) is 1. The summed E-state index contributed by atoms with van der Waals surface area (Å²) in [6.07, 6.45) is 6.46. The van der Waals surface area contributed by atoms with Gasteiger partial charge in [-0.1, -0.05) is 6.07 Å². The third-order valence-electron chi connectivity index (χ3n) is 2.85. The van der Waals surface area contributed by atoms with Crippen molar-refractivity contribution in [3.63, 3.8) is 0 Å². The first-order valence-corrected chi connectivity index (χ1v) is 6.67. The summed E-state index contributed by atoms with van der Waals surface area (Å²) >= 11 is 3.40. The average molecular weight is 306 g/mol. The van der Waals surface area contributed by atoms with Gasteiger partial charge in [-0.05, 0) is 53.2 Å². The Hall–Kier alpha value is -1.26. The van der Waals surface area contributed by atoms with Crippen molar-refractivity contribution in [2.45, 2.75) is 19.4 Å². The molecule has 0 spiro atoms. The standard InChI is InChI=1S/C14H16BrN3/c1-10-5-11(8-17-7-10)14(16-2)6-13-4-3-12(15)9-18-13/h3-5,7-9,14,16H,6H2,1-2H3. The molecule has 0 aliphatic heterocycles. The lowest BCUT2D eigenvalue weighted by molar-refractivity contribution is 0.582. The molecule has 0 aromatic carbocycles. The number of aryl methyl sites for hydroxylation is 1. The molecule has 4 heteroatoms. The van der Waals surface area contributed by atoms with E-state index in [4.69, 9.17) is 0 Å². The Morgan fingerprint density at radius 3 is 2.72 bits per heavy atom. The molecule has 0 bridgehead atoms. The second-order valence-corrected chi connectivity index (χ2v) is 5.22. The van der Waals surface area contributed by atoms with E-state index >= 15 is 0 Å². The van der Waals surface area contributed by atoms with Crippen LogP contribution in [0.2, 0.25) is 0 Å². The van der Waals surface area contributed by atoms with E-state index in [9.17, 15) is 0 Å². The molecule has 2 rings (SSSR count). The van der Waals surface area contributed by atoms with Crippen molar-refractivity contribution in [3.05, 3.63) is 58.1 Å². The van der Waals surface area contributed by atoms with Crippen LogP contribution in [0.25, 0.3) is 0 Å². The highest BCUT2D eigenvalue weighted by Crippen LogP contribution is 2.18. The molecule has 0 aliphatic carbocycles. The normalized spacial score (nSPS) is 12.4. The Morgan fingerprint density at radius 2 is 2.11 bits per heavy atom. The van der Waals surface area contributed by atoms with Crippen LogP contribution in [-0.2, 0) is 6.42 Å². The van der Waals surface area contributed by atoms with Crippen molar-refractivity contribution in [3.8, 4) is 0 Å². The van der Waals surface area contributed by atoms with Crippen LogP contribution in [0, 0.1) is 6.92 Å². The molecular weight excluding hydrogens is 290 g/mol. The van der Waals surface area contributed by atoms with Gasteiger partial charge in [0, 0.05) is 41.2 Å². The summed E-state index contributed by atoms with van der Waals surface area (Å²) in [6, 6.07) is 6.46. The van der Waals surface area contributed by atoms with E-state index in [2.05, 4.69) is 44.2 Å². The Labute approximate surface area is 116 Å². The monoisotopic (exact) mass is 305 g/mol. The van der Waals surface area contributed by atoms with Gasteiger partial charge < -0.3 is 5.32 Å². The van der Waals surface area contributed by atoms with Crippen LogP contribution in [0.3, 0.4) is 0 Å². The smallest absolute Gasteiger partial charge is 0.0423 e. The molecule has 94 valence electrons. The van der Waals surface area contributed by atoms with Gasteiger partial charge in [0.15, 0.2) is 0 Å². The van der Waals surface area contributed by atoms with Crippen LogP contribution in [0.1, 0.15) is 22.9 Å². The maximum absolute atomic E-state index is 4.41. The van der Waals surface area contributed by atoms with Crippen molar-refractivity contribution in [2.75, 3.05) is 7.05 Å². The van der Waals surface area contributed by atoms with Gasteiger partial charge in [-0.15, -0.1) is 0 Å². The van der Waals surface area contributed by atoms with Crippen molar-refractivity contribution >= 4 is 15.9 Å². The Kier molecular flexibility index (Phi) is 4.44. The van der Waals surface area contributed by atoms with Crippen molar-refractivity contribution in [2.24, 2.45) is 0 Å². The third kappa shape index (κ3) is 3.37. The summed E-state index contributed by atoms with van der Waals surface area (Å²) in [4.78, 5) is 8.65. The van der Waals surface area contributed by atoms with Crippen LogP contribution < -0.4 is 5.32 Å². The predicted octanol–water partition coefficient (Wildman–Crippen LogP) is 3.05. The summed E-state index contributed by atoms with van der Waals surface area (Å²) in [6.45, 7) is 2.06. The molecular formula is C14H16BrN3. The number of hydrogen-bond donors (Lipinski definition) is 1. The Balaban J connectivity index is 2.17. The molecule has 1 atom stereocenters. The van der Waals surface area contributed by atoms with E-state index in [1.807, 2.05) is 37.8 Å². The van der Waals surface area contributed by atoms with Crippen LogP contribution in [0.15, 0.2) is 41.3 Å². The summed E-state index contributed by atoms with van der Waals surface area (Å²) < 4.78 is 1.00. The molecule has 0 saturated carbocycles. The summed E-state index contributed by atoms with van der Waals surface area (Å²) in [5.41, 5.74) is 3.44. The molecule has 0 saturated heterocycles. The molecule has 0 aliphatic rings. The molecule has 3 nitrogen and oxygen atoms in total. The molecule has 0 fully saturated rings. The number of nitrogens with zero attached hydrogens (tertiary/aromatic N) is 2. The lowest BCUT2D eigenvalue weighted by Crippen LogP contribution is -2.19. The number of nitrogens with one attached hydrogen (secondary N) is 1. The fourth-order valence-corrected chi connectivity index (χ4v) is 2.13. The highest BCUT2D eigenvalue weighted by molar-refractivity contribution is 9.10. The molecule has 18 heavy (non-hydrogen) atoms. The maximum atomic E-state index is 4.41. The van der Waals surface area contributed by atoms with Crippen LogP contribution in [-0.4, -0.2) is 17.0 Å². The molecule has 2 aromatic heterocycles. The Bertz CT molecular complexity index is 511. The SMILES string of the molecule is CNC(Cc1ccc(Br)cn1)c1cncc(C)c1. The quantitative estimate of drug-likeness (QED) is 0.943. The first-order valence-electron chi connectivity index (χ1n) is 5.88. The van der Waals surface area contributed by atoms with Crippen molar-refractivity contribution in [1.82, 2.24) is 15.3 Å². The highest BCUT2D eigenvalue weighted by Gasteiger charge is 2.11. The number of hydrogen-bond acceptors (Lipinski definition) is 3. The molecule has 2 aromatic rings. The highest BCUT2D eigenvalue weighted by atomic mass is 79.9. The minimum Gasteiger partial charge on any atom is -0.313 e. The van der Waals surface area contributed by atoms with E-state index in [0.29, 0.717) is 0 Å². The van der Waals surface area contributed by atoms with Gasteiger partial charge in [0.2, 0.25) is 0 Å². The van der Waals surface area contributed by atoms with Crippen LogP contribution in [0.4, 0.5) is 0 Å². The van der Waals surface area contributed by atoms with Crippen LogP contribution in [0.5, 0.6) is 0 Å². The number of aromatic nitrogens is 2. The summed E-state index contributed by atoms with van der Waals surface area (Å²) in [5.74, 6) is 0. The summed E-state index contributed by atoms with van der Waals surface area (Å²) in [5, 5.41) is 3.32. The molecule has 1 unspecified atom stereocenters. The van der Waals surface area contributed by atoms with Crippen LogP contribution >= 0.6 is 15.9 Å². The third-order valence-corrected chi connectivity index (χ3v) is 3.32. The van der Waals surface area contributed by atoms with Gasteiger partial charge in [0.05, 0.1) is 0 Å². The van der Waals surface area contributed by atoms with E-state index < -0.39 is 0 Å². The summed E-state index contributed by atoms with van der Waals surface area (Å²) in [7, 11) is 1.96. The zero-order valence-corrected chi connectivity index (χ0v) is 12.1. The number of halogens is 1. The van der Waals surface area contributed by atoms with Gasteiger partial charge in [0.25, 0.3) is 0 Å². The fraction of sp³-hybridized carbons (Fsp3) is 0.286. The molecule has 0 amide bonds. The fourth-order valence-electron chi connectivity index (χ4n) is 1.89. The van der Waals surface area contributed by atoms with E-state index in [1.54, 1.807) is 0 Å². The average Bonchev–Trinajstić information content (AvgIpc) is 2.38. The van der Waals surface area contributed by atoms with Gasteiger partial charge in [-0.25, -0.2) is 0 Å². The van der Waals surface area contributed by atoms with Gasteiger partial charge in [-0.2, -0.15) is 0 Å². The van der Waals surface area contributed by atoms with Crippen molar-refractivity contribution < 1.29 is 0 Å². The van der Waals surface area contributed by atoms with Gasteiger partial charge in [0.1, 0.15) is 0 Å². The minimum absolute atomic E-state index is 0.242. The first-order chi connectivity index (χ1) is 8.69. The maximum Gasteiger partial charge on any atom is 0.0423 e.